The molecule has 2 heterocycles. The molecule has 2 aliphatic rings. The summed E-state index contributed by atoms with van der Waals surface area (Å²) >= 11 is 3.47. The molecule has 2 saturated heterocycles. The fraction of sp³-hybridized carbons (Fsp3) is 0.917. The Morgan fingerprint density at radius 2 is 2.06 bits per heavy atom. The molecule has 2 fully saturated rings. The second-order valence-corrected chi connectivity index (χ2v) is 5.92. The number of nitrogens with zero attached hydrogens (tertiary/aromatic N) is 2. The average molecular weight is 289 g/mol. The van der Waals surface area contributed by atoms with Gasteiger partial charge in [-0.05, 0) is 38.8 Å². The topological polar surface area (TPSA) is 23.6 Å². The first kappa shape index (κ1) is 12.4. The Bertz CT molecular complexity index is 259. The standard InChI is InChI=1S/C12H21BrN2O/c1-2-14-7-3-5-10(14)9-15-8-4-6-11(13)12(15)16/h10-11H,2-9H2,1H3. The van der Waals surface area contributed by atoms with Crippen molar-refractivity contribution in [2.75, 3.05) is 26.2 Å². The van der Waals surface area contributed by atoms with Crippen molar-refractivity contribution >= 4 is 21.8 Å². The number of likely N-dealkylation sites (N-methyl/N-ethyl adjacent to an activating group) is 1. The van der Waals surface area contributed by atoms with Crippen molar-refractivity contribution in [1.82, 2.24) is 9.80 Å². The number of amides is 1. The molecule has 0 aromatic heterocycles. The van der Waals surface area contributed by atoms with Gasteiger partial charge in [0.2, 0.25) is 5.91 Å². The van der Waals surface area contributed by atoms with Crippen LogP contribution >= 0.6 is 15.9 Å². The van der Waals surface area contributed by atoms with Gasteiger partial charge in [-0.15, -0.1) is 0 Å². The predicted molar refractivity (Wildman–Crippen MR) is 68.8 cm³/mol. The van der Waals surface area contributed by atoms with Gasteiger partial charge >= 0.3 is 0 Å². The van der Waals surface area contributed by atoms with Crippen molar-refractivity contribution < 1.29 is 4.79 Å². The van der Waals surface area contributed by atoms with Gasteiger partial charge in [-0.1, -0.05) is 22.9 Å². The summed E-state index contributed by atoms with van der Waals surface area (Å²) in [5, 5.41) is 0. The van der Waals surface area contributed by atoms with Gasteiger partial charge in [0.25, 0.3) is 0 Å². The van der Waals surface area contributed by atoms with E-state index in [1.165, 1.54) is 19.4 Å². The zero-order chi connectivity index (χ0) is 11.5. The quantitative estimate of drug-likeness (QED) is 0.740. The van der Waals surface area contributed by atoms with Crippen molar-refractivity contribution in [2.45, 2.75) is 43.5 Å². The summed E-state index contributed by atoms with van der Waals surface area (Å²) in [5.41, 5.74) is 0. The highest BCUT2D eigenvalue weighted by molar-refractivity contribution is 9.10. The third kappa shape index (κ3) is 2.59. The first-order valence-corrected chi connectivity index (χ1v) is 7.31. The summed E-state index contributed by atoms with van der Waals surface area (Å²) in [6, 6.07) is 0.603. The molecule has 2 atom stereocenters. The van der Waals surface area contributed by atoms with Crippen LogP contribution in [-0.4, -0.2) is 52.8 Å². The van der Waals surface area contributed by atoms with Gasteiger partial charge in [-0.3, -0.25) is 9.69 Å². The lowest BCUT2D eigenvalue weighted by Gasteiger charge is -2.34. The van der Waals surface area contributed by atoms with Crippen molar-refractivity contribution in [3.8, 4) is 0 Å². The Kier molecular flexibility index (Phi) is 4.25. The minimum absolute atomic E-state index is 0.0673. The lowest BCUT2D eigenvalue weighted by atomic mass is 10.1. The molecular weight excluding hydrogens is 268 g/mol. The first-order valence-electron chi connectivity index (χ1n) is 6.39. The fourth-order valence-corrected chi connectivity index (χ4v) is 3.46. The van der Waals surface area contributed by atoms with E-state index in [2.05, 4.69) is 32.7 Å². The number of carbonyl (C=O) groups is 1. The van der Waals surface area contributed by atoms with E-state index in [9.17, 15) is 4.79 Å². The molecule has 0 radical (unpaired) electrons. The third-order valence-corrected chi connectivity index (χ3v) is 4.65. The molecule has 0 spiro atoms. The molecule has 0 aliphatic carbocycles. The number of halogens is 1. The highest BCUT2D eigenvalue weighted by Crippen LogP contribution is 2.22. The zero-order valence-corrected chi connectivity index (χ0v) is 11.6. The molecule has 4 heteroatoms. The fourth-order valence-electron chi connectivity index (χ4n) is 2.85. The van der Waals surface area contributed by atoms with Crippen LogP contribution in [-0.2, 0) is 4.79 Å². The molecule has 92 valence electrons. The van der Waals surface area contributed by atoms with Crippen LogP contribution in [0.3, 0.4) is 0 Å². The Morgan fingerprint density at radius 3 is 2.81 bits per heavy atom. The van der Waals surface area contributed by atoms with Gasteiger partial charge in [-0.2, -0.15) is 0 Å². The lowest BCUT2D eigenvalue weighted by molar-refractivity contribution is -0.133. The SMILES string of the molecule is CCN1CCCC1CN1CCCC(Br)C1=O. The monoisotopic (exact) mass is 288 g/mol. The number of piperidine rings is 1. The van der Waals surface area contributed by atoms with Crippen molar-refractivity contribution in [3.05, 3.63) is 0 Å². The van der Waals surface area contributed by atoms with Crippen LogP contribution < -0.4 is 0 Å². The van der Waals surface area contributed by atoms with Crippen LogP contribution in [0.5, 0.6) is 0 Å². The van der Waals surface area contributed by atoms with Gasteiger partial charge in [0.1, 0.15) is 0 Å². The van der Waals surface area contributed by atoms with Gasteiger partial charge in [0.05, 0.1) is 4.83 Å². The van der Waals surface area contributed by atoms with Gasteiger partial charge in [0, 0.05) is 19.1 Å². The lowest BCUT2D eigenvalue weighted by Crippen LogP contribution is -2.48. The van der Waals surface area contributed by atoms with E-state index >= 15 is 0 Å². The second-order valence-electron chi connectivity index (χ2n) is 4.82. The average Bonchev–Trinajstić information content (AvgIpc) is 2.72. The molecule has 0 N–H and O–H groups in total. The van der Waals surface area contributed by atoms with Crippen LogP contribution in [0.4, 0.5) is 0 Å². The Morgan fingerprint density at radius 1 is 1.31 bits per heavy atom. The summed E-state index contributed by atoms with van der Waals surface area (Å²) in [5.74, 6) is 0.300. The van der Waals surface area contributed by atoms with Crippen LogP contribution in [0.1, 0.15) is 32.6 Å². The van der Waals surface area contributed by atoms with E-state index in [1.807, 2.05) is 0 Å². The Hall–Kier alpha value is -0.0900. The highest BCUT2D eigenvalue weighted by atomic mass is 79.9. The second kappa shape index (κ2) is 5.50. The summed E-state index contributed by atoms with van der Waals surface area (Å²) in [4.78, 5) is 16.6. The van der Waals surface area contributed by atoms with Crippen LogP contribution in [0.15, 0.2) is 0 Å². The minimum atomic E-state index is 0.0673. The van der Waals surface area contributed by atoms with Crippen LogP contribution in [0, 0.1) is 0 Å². The molecule has 16 heavy (non-hydrogen) atoms. The zero-order valence-electron chi connectivity index (χ0n) is 9.99. The maximum atomic E-state index is 12.0. The molecule has 2 unspecified atom stereocenters. The number of carbonyl (C=O) groups excluding carboxylic acids is 1. The molecule has 2 aliphatic heterocycles. The Balaban J connectivity index is 1.90. The van der Waals surface area contributed by atoms with Gasteiger partial charge in [0.15, 0.2) is 0 Å². The number of likely N-dealkylation sites (tertiary alicyclic amines) is 2. The van der Waals surface area contributed by atoms with E-state index in [4.69, 9.17) is 0 Å². The number of hydrogen-bond acceptors (Lipinski definition) is 2. The Labute approximate surface area is 106 Å². The molecule has 1 amide bonds. The van der Waals surface area contributed by atoms with E-state index in [0.29, 0.717) is 11.9 Å². The maximum Gasteiger partial charge on any atom is 0.236 e. The summed E-state index contributed by atoms with van der Waals surface area (Å²) in [6.07, 6.45) is 4.68. The molecule has 0 aromatic rings. The van der Waals surface area contributed by atoms with E-state index < -0.39 is 0 Å². The summed E-state index contributed by atoms with van der Waals surface area (Å²) in [6.45, 7) is 6.43. The van der Waals surface area contributed by atoms with Crippen molar-refractivity contribution in [3.63, 3.8) is 0 Å². The molecule has 0 bridgehead atoms. The highest BCUT2D eigenvalue weighted by Gasteiger charge is 2.31. The summed E-state index contributed by atoms with van der Waals surface area (Å²) in [7, 11) is 0. The molecule has 2 rings (SSSR count). The first-order chi connectivity index (χ1) is 7.72. The van der Waals surface area contributed by atoms with Crippen LogP contribution in [0.2, 0.25) is 0 Å². The van der Waals surface area contributed by atoms with E-state index in [-0.39, 0.29) is 4.83 Å². The van der Waals surface area contributed by atoms with E-state index in [0.717, 1.165) is 32.5 Å². The third-order valence-electron chi connectivity index (χ3n) is 3.80. The number of alkyl halides is 1. The molecular formula is C12H21BrN2O. The molecule has 0 saturated carbocycles. The van der Waals surface area contributed by atoms with Crippen molar-refractivity contribution in [2.24, 2.45) is 0 Å². The largest absolute Gasteiger partial charge is 0.340 e. The van der Waals surface area contributed by atoms with Crippen LogP contribution in [0.25, 0.3) is 0 Å². The van der Waals surface area contributed by atoms with Gasteiger partial charge < -0.3 is 4.90 Å². The maximum absolute atomic E-state index is 12.0. The molecule has 0 aromatic carbocycles. The number of rotatable bonds is 3. The summed E-state index contributed by atoms with van der Waals surface area (Å²) < 4.78 is 0. The van der Waals surface area contributed by atoms with Crippen molar-refractivity contribution in [1.29, 1.82) is 0 Å². The van der Waals surface area contributed by atoms with E-state index in [1.54, 1.807) is 0 Å². The minimum Gasteiger partial charge on any atom is -0.340 e. The molecule has 3 nitrogen and oxygen atoms in total. The predicted octanol–water partition coefficient (Wildman–Crippen LogP) is 1.86. The number of hydrogen-bond donors (Lipinski definition) is 0. The normalized spacial score (nSPS) is 32.4. The smallest absolute Gasteiger partial charge is 0.236 e. The van der Waals surface area contributed by atoms with Gasteiger partial charge in [-0.25, -0.2) is 0 Å².